The Morgan fingerprint density at radius 2 is 1.41 bits per heavy atom. The molecule has 0 saturated carbocycles. The van der Waals surface area contributed by atoms with Crippen LogP contribution in [0.3, 0.4) is 0 Å². The minimum absolute atomic E-state index is 0.298. The molecule has 3 heteroatoms. The summed E-state index contributed by atoms with van der Waals surface area (Å²) >= 11 is 0. The first kappa shape index (κ1) is 12.7. The molecule has 2 heterocycles. The van der Waals surface area contributed by atoms with E-state index in [0.29, 0.717) is 18.1 Å². The summed E-state index contributed by atoms with van der Waals surface area (Å²) in [5, 5.41) is 0. The second-order valence-corrected chi connectivity index (χ2v) is 5.72. The van der Waals surface area contributed by atoms with E-state index in [2.05, 4.69) is 23.6 Å². The van der Waals surface area contributed by atoms with Gasteiger partial charge in [0.15, 0.2) is 0 Å². The first-order chi connectivity index (χ1) is 8.20. The van der Waals surface area contributed by atoms with E-state index in [-0.39, 0.29) is 0 Å². The Morgan fingerprint density at radius 1 is 0.882 bits per heavy atom. The van der Waals surface area contributed by atoms with Crippen molar-refractivity contribution in [3.63, 3.8) is 0 Å². The van der Waals surface area contributed by atoms with Crippen LogP contribution in [-0.2, 0) is 0 Å². The molecule has 0 spiro atoms. The average molecular weight is 238 g/mol. The van der Waals surface area contributed by atoms with Crippen molar-refractivity contribution in [1.82, 2.24) is 9.80 Å². The maximum atomic E-state index is 12.6. The highest BCUT2D eigenvalue weighted by Crippen LogP contribution is 2.24. The molecule has 0 N–H and O–H groups in total. The summed E-state index contributed by atoms with van der Waals surface area (Å²) in [5.41, 5.74) is 0. The fourth-order valence-corrected chi connectivity index (χ4v) is 3.22. The lowest BCUT2D eigenvalue weighted by atomic mass is 9.98. The number of rotatable bonds is 0. The lowest BCUT2D eigenvalue weighted by molar-refractivity contribution is 0.0931. The first-order valence-corrected chi connectivity index (χ1v) is 7.27. The molecule has 98 valence electrons. The normalized spacial score (nSPS) is 31.2. The van der Waals surface area contributed by atoms with Gasteiger partial charge in [-0.25, -0.2) is 4.79 Å². The molecule has 2 aliphatic heterocycles. The molecule has 2 atom stereocenters. The molecule has 0 aromatic carbocycles. The van der Waals surface area contributed by atoms with E-state index in [1.807, 2.05) is 0 Å². The number of amides is 2. The van der Waals surface area contributed by atoms with Crippen molar-refractivity contribution >= 4 is 6.03 Å². The summed E-state index contributed by atoms with van der Waals surface area (Å²) in [4.78, 5) is 16.8. The van der Waals surface area contributed by atoms with Crippen molar-refractivity contribution in [3.8, 4) is 0 Å². The van der Waals surface area contributed by atoms with Crippen molar-refractivity contribution < 1.29 is 4.79 Å². The van der Waals surface area contributed by atoms with Gasteiger partial charge in [-0.05, 0) is 46.0 Å². The highest BCUT2D eigenvalue weighted by molar-refractivity contribution is 5.75. The zero-order chi connectivity index (χ0) is 12.3. The lowest BCUT2D eigenvalue weighted by Gasteiger charge is -2.41. The van der Waals surface area contributed by atoms with E-state index in [4.69, 9.17) is 0 Å². The minimum Gasteiger partial charge on any atom is -0.325 e. The molecule has 0 unspecified atom stereocenters. The molecule has 2 fully saturated rings. The molecule has 2 amide bonds. The number of likely N-dealkylation sites (tertiary alicyclic amines) is 2. The molecule has 2 aliphatic rings. The van der Waals surface area contributed by atoms with Gasteiger partial charge in [0.1, 0.15) is 0 Å². The Labute approximate surface area is 105 Å². The SMILES string of the molecule is C[C@@H]1CCC[C@H](C)N1C(=O)N1CCCCCC1. The van der Waals surface area contributed by atoms with Crippen LogP contribution >= 0.6 is 0 Å². The van der Waals surface area contributed by atoms with Gasteiger partial charge in [-0.15, -0.1) is 0 Å². The predicted octanol–water partition coefficient (Wildman–Crippen LogP) is 3.25. The van der Waals surface area contributed by atoms with E-state index in [9.17, 15) is 4.79 Å². The summed E-state index contributed by atoms with van der Waals surface area (Å²) in [6, 6.07) is 1.15. The summed E-state index contributed by atoms with van der Waals surface area (Å²) in [6.45, 7) is 6.33. The van der Waals surface area contributed by atoms with Gasteiger partial charge in [-0.2, -0.15) is 0 Å². The first-order valence-electron chi connectivity index (χ1n) is 7.27. The van der Waals surface area contributed by atoms with E-state index >= 15 is 0 Å². The monoisotopic (exact) mass is 238 g/mol. The Balaban J connectivity index is 2.01. The summed E-state index contributed by atoms with van der Waals surface area (Å²) in [6.07, 6.45) is 8.55. The van der Waals surface area contributed by atoms with Crippen molar-refractivity contribution in [3.05, 3.63) is 0 Å². The zero-order valence-electron chi connectivity index (χ0n) is 11.3. The molecule has 0 aromatic heterocycles. The third-order valence-electron chi connectivity index (χ3n) is 4.29. The fraction of sp³-hybridized carbons (Fsp3) is 0.929. The van der Waals surface area contributed by atoms with Crippen LogP contribution in [0.1, 0.15) is 58.8 Å². The molecule has 0 aromatic rings. The predicted molar refractivity (Wildman–Crippen MR) is 70.1 cm³/mol. The highest BCUT2D eigenvalue weighted by atomic mass is 16.2. The minimum atomic E-state index is 0.298. The Hall–Kier alpha value is -0.730. The number of hydrogen-bond donors (Lipinski definition) is 0. The Kier molecular flexibility index (Phi) is 4.30. The molecule has 2 saturated heterocycles. The van der Waals surface area contributed by atoms with Crippen LogP contribution in [0.5, 0.6) is 0 Å². The van der Waals surface area contributed by atoms with Crippen LogP contribution in [0, 0.1) is 0 Å². The van der Waals surface area contributed by atoms with E-state index < -0.39 is 0 Å². The number of piperidine rings is 1. The number of nitrogens with zero attached hydrogens (tertiary/aromatic N) is 2. The topological polar surface area (TPSA) is 23.6 Å². The smallest absolute Gasteiger partial charge is 0.320 e. The van der Waals surface area contributed by atoms with E-state index in [1.54, 1.807) is 0 Å². The van der Waals surface area contributed by atoms with Crippen LogP contribution in [0.15, 0.2) is 0 Å². The van der Waals surface area contributed by atoms with Gasteiger partial charge < -0.3 is 9.80 Å². The van der Waals surface area contributed by atoms with E-state index in [0.717, 1.165) is 13.1 Å². The van der Waals surface area contributed by atoms with Crippen LogP contribution in [0.25, 0.3) is 0 Å². The molecule has 0 bridgehead atoms. The highest BCUT2D eigenvalue weighted by Gasteiger charge is 2.31. The van der Waals surface area contributed by atoms with Crippen molar-refractivity contribution in [1.29, 1.82) is 0 Å². The fourth-order valence-electron chi connectivity index (χ4n) is 3.22. The number of carbonyl (C=O) groups excluding carboxylic acids is 1. The quantitative estimate of drug-likeness (QED) is 0.635. The van der Waals surface area contributed by atoms with Gasteiger partial charge in [-0.3, -0.25) is 0 Å². The van der Waals surface area contributed by atoms with Crippen LogP contribution in [0.2, 0.25) is 0 Å². The molecule has 0 aliphatic carbocycles. The molecule has 0 radical (unpaired) electrons. The molecule has 3 nitrogen and oxygen atoms in total. The van der Waals surface area contributed by atoms with Crippen LogP contribution in [-0.4, -0.2) is 41.0 Å². The summed E-state index contributed by atoms with van der Waals surface area (Å²) < 4.78 is 0. The van der Waals surface area contributed by atoms with Gasteiger partial charge in [-0.1, -0.05) is 12.8 Å². The molecule has 2 rings (SSSR count). The second kappa shape index (κ2) is 5.74. The Morgan fingerprint density at radius 3 is 1.94 bits per heavy atom. The van der Waals surface area contributed by atoms with Gasteiger partial charge in [0.25, 0.3) is 0 Å². The summed E-state index contributed by atoms with van der Waals surface area (Å²) in [7, 11) is 0. The zero-order valence-corrected chi connectivity index (χ0v) is 11.3. The summed E-state index contributed by atoms with van der Waals surface area (Å²) in [5.74, 6) is 0. The van der Waals surface area contributed by atoms with Crippen molar-refractivity contribution in [2.75, 3.05) is 13.1 Å². The average Bonchev–Trinajstić information content (AvgIpc) is 2.57. The third kappa shape index (κ3) is 2.93. The third-order valence-corrected chi connectivity index (χ3v) is 4.29. The number of urea groups is 1. The standard InChI is InChI=1S/C14H26N2O/c1-12-8-7-9-13(2)16(12)14(17)15-10-5-3-4-6-11-15/h12-13H,3-11H2,1-2H3/t12-,13+. The maximum absolute atomic E-state index is 12.6. The van der Waals surface area contributed by atoms with Crippen molar-refractivity contribution in [2.24, 2.45) is 0 Å². The Bertz CT molecular complexity index is 249. The second-order valence-electron chi connectivity index (χ2n) is 5.72. The lowest BCUT2D eigenvalue weighted by Crippen LogP contribution is -2.53. The van der Waals surface area contributed by atoms with Gasteiger partial charge >= 0.3 is 6.03 Å². The molecule has 17 heavy (non-hydrogen) atoms. The van der Waals surface area contributed by atoms with Crippen molar-refractivity contribution in [2.45, 2.75) is 70.9 Å². The van der Waals surface area contributed by atoms with Crippen LogP contribution < -0.4 is 0 Å². The number of hydrogen-bond acceptors (Lipinski definition) is 1. The van der Waals surface area contributed by atoms with Gasteiger partial charge in [0.2, 0.25) is 0 Å². The number of carbonyl (C=O) groups is 1. The maximum Gasteiger partial charge on any atom is 0.320 e. The van der Waals surface area contributed by atoms with E-state index in [1.165, 1.54) is 44.9 Å². The van der Waals surface area contributed by atoms with Gasteiger partial charge in [0.05, 0.1) is 0 Å². The molecular formula is C14H26N2O. The van der Waals surface area contributed by atoms with Crippen LogP contribution in [0.4, 0.5) is 4.79 Å². The van der Waals surface area contributed by atoms with Gasteiger partial charge in [0, 0.05) is 25.2 Å². The molecular weight excluding hydrogens is 212 g/mol. The largest absolute Gasteiger partial charge is 0.325 e.